The lowest BCUT2D eigenvalue weighted by Crippen LogP contribution is -2.63. The van der Waals surface area contributed by atoms with Gasteiger partial charge in [0, 0.05) is 30.2 Å². The van der Waals surface area contributed by atoms with Crippen molar-refractivity contribution in [2.45, 2.75) is 71.1 Å². The summed E-state index contributed by atoms with van der Waals surface area (Å²) in [4.78, 5) is 26.7. The van der Waals surface area contributed by atoms with Gasteiger partial charge in [0.1, 0.15) is 0 Å². The van der Waals surface area contributed by atoms with E-state index in [0.29, 0.717) is 13.1 Å². The van der Waals surface area contributed by atoms with E-state index < -0.39 is 11.8 Å². The van der Waals surface area contributed by atoms with E-state index in [4.69, 9.17) is 0 Å². The smallest absolute Gasteiger partial charge is 0.312 e. The molecular weight excluding hydrogens is 314 g/mol. The molecule has 5 heteroatoms. The molecule has 1 fully saturated rings. The van der Waals surface area contributed by atoms with Gasteiger partial charge < -0.3 is 15.5 Å². The number of likely N-dealkylation sites (N-methyl/N-ethyl adjacent to an activating group) is 1. The number of carbonyl (C=O) groups is 2. The maximum Gasteiger partial charge on any atom is 0.312 e. The van der Waals surface area contributed by atoms with Gasteiger partial charge in [-0.25, -0.2) is 0 Å². The summed E-state index contributed by atoms with van der Waals surface area (Å²) < 4.78 is 0. The van der Waals surface area contributed by atoms with E-state index in [2.05, 4.69) is 38.3 Å². The Balaban J connectivity index is 2.00. The van der Waals surface area contributed by atoms with Crippen LogP contribution in [0.1, 0.15) is 53.0 Å². The molecule has 0 atom stereocenters. The fourth-order valence-corrected chi connectivity index (χ4v) is 3.95. The normalized spacial score (nSPS) is 19.2. The van der Waals surface area contributed by atoms with Gasteiger partial charge in [0.25, 0.3) is 0 Å². The third kappa shape index (κ3) is 5.56. The number of benzene rings is 1. The molecule has 25 heavy (non-hydrogen) atoms. The lowest BCUT2D eigenvalue weighted by Gasteiger charge is -2.46. The first kappa shape index (κ1) is 19.4. The lowest BCUT2D eigenvalue weighted by atomic mass is 9.79. The predicted octanol–water partition coefficient (Wildman–Crippen LogP) is 2.46. The monoisotopic (exact) mass is 345 g/mol. The molecule has 0 aliphatic carbocycles. The summed E-state index contributed by atoms with van der Waals surface area (Å²) in [6.07, 6.45) is 1.61. The number of piperidine rings is 1. The molecule has 2 N–H and O–H groups in total. The molecule has 0 radical (unpaired) electrons. The Hall–Kier alpha value is -1.88. The van der Waals surface area contributed by atoms with Crippen molar-refractivity contribution in [3.8, 4) is 0 Å². The highest BCUT2D eigenvalue weighted by Crippen LogP contribution is 2.28. The third-order valence-corrected chi connectivity index (χ3v) is 4.60. The standard InChI is InChI=1S/C20H31N3O2/c1-6-23(14-15-10-8-7-9-11-15)18(25)17(24)21-16-12-19(2,3)22-20(4,5)13-16/h7-11,16,22H,6,12-14H2,1-5H3,(H,21,24). The van der Waals surface area contributed by atoms with Crippen molar-refractivity contribution in [1.82, 2.24) is 15.5 Å². The summed E-state index contributed by atoms with van der Waals surface area (Å²) >= 11 is 0. The second-order valence-electron chi connectivity index (χ2n) is 8.28. The van der Waals surface area contributed by atoms with Crippen molar-refractivity contribution in [3.05, 3.63) is 35.9 Å². The zero-order valence-corrected chi connectivity index (χ0v) is 16.1. The van der Waals surface area contributed by atoms with Crippen LogP contribution >= 0.6 is 0 Å². The van der Waals surface area contributed by atoms with E-state index in [9.17, 15) is 9.59 Å². The topological polar surface area (TPSA) is 61.4 Å². The molecule has 1 heterocycles. The quantitative estimate of drug-likeness (QED) is 0.824. The number of hydrogen-bond acceptors (Lipinski definition) is 3. The Morgan fingerprint density at radius 2 is 1.68 bits per heavy atom. The van der Waals surface area contributed by atoms with Crippen LogP contribution < -0.4 is 10.6 Å². The van der Waals surface area contributed by atoms with E-state index in [1.165, 1.54) is 0 Å². The Labute approximate surface area is 151 Å². The summed E-state index contributed by atoms with van der Waals surface area (Å²) in [7, 11) is 0. The summed E-state index contributed by atoms with van der Waals surface area (Å²) in [5.41, 5.74) is 0.878. The van der Waals surface area contributed by atoms with E-state index in [1.54, 1.807) is 4.90 Å². The van der Waals surface area contributed by atoms with E-state index in [1.807, 2.05) is 37.3 Å². The summed E-state index contributed by atoms with van der Waals surface area (Å²) in [6, 6.07) is 9.74. The van der Waals surface area contributed by atoms with Gasteiger partial charge in [0.05, 0.1) is 0 Å². The van der Waals surface area contributed by atoms with Crippen molar-refractivity contribution >= 4 is 11.8 Å². The fraction of sp³-hybridized carbons (Fsp3) is 0.600. The van der Waals surface area contributed by atoms with Crippen LogP contribution in [0.4, 0.5) is 0 Å². The Kier molecular flexibility index (Phi) is 5.88. The first-order valence-corrected chi connectivity index (χ1v) is 9.05. The second kappa shape index (κ2) is 7.56. The molecule has 138 valence electrons. The number of hydrogen-bond donors (Lipinski definition) is 2. The number of nitrogens with one attached hydrogen (secondary N) is 2. The molecule has 1 saturated heterocycles. The van der Waals surface area contributed by atoms with Gasteiger partial charge in [-0.3, -0.25) is 9.59 Å². The van der Waals surface area contributed by atoms with E-state index in [-0.39, 0.29) is 17.1 Å². The van der Waals surface area contributed by atoms with Gasteiger partial charge in [-0.15, -0.1) is 0 Å². The van der Waals surface area contributed by atoms with Crippen LogP contribution in [-0.4, -0.2) is 40.4 Å². The van der Waals surface area contributed by atoms with Crippen LogP contribution in [0.15, 0.2) is 30.3 Å². The fourth-order valence-electron chi connectivity index (χ4n) is 3.95. The Morgan fingerprint density at radius 1 is 1.12 bits per heavy atom. The van der Waals surface area contributed by atoms with Crippen LogP contribution in [0.3, 0.4) is 0 Å². The number of carbonyl (C=O) groups excluding carboxylic acids is 2. The summed E-state index contributed by atoms with van der Waals surface area (Å²) in [5, 5.41) is 6.54. The summed E-state index contributed by atoms with van der Waals surface area (Å²) in [5.74, 6) is -0.961. The van der Waals surface area contributed by atoms with Gasteiger partial charge in [-0.1, -0.05) is 30.3 Å². The highest BCUT2D eigenvalue weighted by Gasteiger charge is 2.39. The van der Waals surface area contributed by atoms with Crippen LogP contribution in [-0.2, 0) is 16.1 Å². The zero-order chi connectivity index (χ0) is 18.7. The predicted molar refractivity (Wildman–Crippen MR) is 100.0 cm³/mol. The van der Waals surface area contributed by atoms with Gasteiger partial charge >= 0.3 is 11.8 Å². The summed E-state index contributed by atoms with van der Waals surface area (Å²) in [6.45, 7) is 11.4. The molecular formula is C20H31N3O2. The average molecular weight is 345 g/mol. The average Bonchev–Trinajstić information content (AvgIpc) is 2.49. The third-order valence-electron chi connectivity index (χ3n) is 4.60. The van der Waals surface area contributed by atoms with Crippen molar-refractivity contribution in [3.63, 3.8) is 0 Å². The van der Waals surface area contributed by atoms with E-state index >= 15 is 0 Å². The van der Waals surface area contributed by atoms with Crippen LogP contribution in [0.5, 0.6) is 0 Å². The first-order valence-electron chi connectivity index (χ1n) is 9.05. The van der Waals surface area contributed by atoms with Crippen LogP contribution in [0.25, 0.3) is 0 Å². The number of rotatable bonds is 4. The Morgan fingerprint density at radius 3 is 2.20 bits per heavy atom. The largest absolute Gasteiger partial charge is 0.345 e. The second-order valence-corrected chi connectivity index (χ2v) is 8.28. The molecule has 1 aromatic carbocycles. The van der Waals surface area contributed by atoms with Gasteiger partial charge in [0.2, 0.25) is 0 Å². The minimum atomic E-state index is -0.503. The molecule has 0 saturated carbocycles. The van der Waals surface area contributed by atoms with Gasteiger partial charge in [-0.05, 0) is 53.0 Å². The minimum Gasteiger partial charge on any atom is -0.345 e. The molecule has 0 bridgehead atoms. The first-order chi connectivity index (χ1) is 11.6. The molecule has 5 nitrogen and oxygen atoms in total. The lowest BCUT2D eigenvalue weighted by molar-refractivity contribution is -0.146. The van der Waals surface area contributed by atoms with Crippen LogP contribution in [0.2, 0.25) is 0 Å². The molecule has 1 aliphatic rings. The number of amides is 2. The Bertz CT molecular complexity index is 595. The molecule has 0 aromatic heterocycles. The maximum atomic E-state index is 12.6. The van der Waals surface area contributed by atoms with Gasteiger partial charge in [0.15, 0.2) is 0 Å². The molecule has 2 rings (SSSR count). The number of nitrogens with zero attached hydrogens (tertiary/aromatic N) is 1. The highest BCUT2D eigenvalue weighted by molar-refractivity contribution is 6.35. The zero-order valence-electron chi connectivity index (χ0n) is 16.1. The maximum absolute atomic E-state index is 12.6. The molecule has 1 aliphatic heterocycles. The van der Waals surface area contributed by atoms with Crippen molar-refractivity contribution in [2.24, 2.45) is 0 Å². The highest BCUT2D eigenvalue weighted by atomic mass is 16.2. The van der Waals surface area contributed by atoms with E-state index in [0.717, 1.165) is 18.4 Å². The molecule has 1 aromatic rings. The molecule has 0 spiro atoms. The van der Waals surface area contributed by atoms with Crippen molar-refractivity contribution < 1.29 is 9.59 Å². The SMILES string of the molecule is CCN(Cc1ccccc1)C(=O)C(=O)NC1CC(C)(C)NC(C)(C)C1. The molecule has 2 amide bonds. The van der Waals surface area contributed by atoms with Crippen molar-refractivity contribution in [2.75, 3.05) is 6.54 Å². The molecule has 0 unspecified atom stereocenters. The van der Waals surface area contributed by atoms with Crippen LogP contribution in [0, 0.1) is 0 Å². The minimum absolute atomic E-state index is 0.00173. The van der Waals surface area contributed by atoms with Crippen molar-refractivity contribution in [1.29, 1.82) is 0 Å². The van der Waals surface area contributed by atoms with Gasteiger partial charge in [-0.2, -0.15) is 0 Å².